The molecule has 76 valence electrons. The van der Waals surface area contributed by atoms with Gasteiger partial charge in [-0.1, -0.05) is 20.8 Å². The van der Waals surface area contributed by atoms with E-state index in [1.807, 2.05) is 0 Å². The maximum atomic E-state index is 2.49. The number of nitrogens with zero attached hydrogens (tertiary/aromatic N) is 1. The highest BCUT2D eigenvalue weighted by Gasteiger charge is 2.53. The third kappa shape index (κ3) is 2.07. The van der Waals surface area contributed by atoms with E-state index >= 15 is 0 Å². The summed E-state index contributed by atoms with van der Waals surface area (Å²) in [6, 6.07) is 0. The molecule has 2 unspecified atom stereocenters. The van der Waals surface area contributed by atoms with Crippen molar-refractivity contribution in [1.29, 1.82) is 0 Å². The van der Waals surface area contributed by atoms with E-state index in [4.69, 9.17) is 0 Å². The molecule has 1 nitrogen and oxygen atoms in total. The van der Waals surface area contributed by atoms with Crippen molar-refractivity contribution in [2.45, 2.75) is 33.6 Å². The van der Waals surface area contributed by atoms with E-state index in [1.54, 1.807) is 0 Å². The quantitative estimate of drug-likeness (QED) is 0.633. The maximum absolute atomic E-state index is 2.49. The van der Waals surface area contributed by atoms with Crippen LogP contribution in [0.5, 0.6) is 0 Å². The lowest BCUT2D eigenvalue weighted by atomic mass is 9.89. The van der Waals surface area contributed by atoms with E-state index in [2.05, 4.69) is 32.7 Å². The summed E-state index contributed by atoms with van der Waals surface area (Å²) in [5.41, 5.74) is 0.544. The second-order valence-corrected chi connectivity index (χ2v) is 6.31. The van der Waals surface area contributed by atoms with Crippen LogP contribution in [0.15, 0.2) is 0 Å². The molecule has 0 aromatic heterocycles. The summed E-state index contributed by atoms with van der Waals surface area (Å²) >= 11 is 0. The molecule has 0 aromatic rings. The molecule has 2 atom stereocenters. The molecule has 0 amide bonds. The van der Waals surface area contributed by atoms with Crippen molar-refractivity contribution in [2.75, 3.05) is 20.1 Å². The lowest BCUT2D eigenvalue weighted by molar-refractivity contribution is 0.304. The molecular formula is C12H23N. The van der Waals surface area contributed by atoms with Gasteiger partial charge in [0.15, 0.2) is 0 Å². The Kier molecular flexibility index (Phi) is 2.18. The van der Waals surface area contributed by atoms with Crippen LogP contribution in [0.4, 0.5) is 0 Å². The average Bonchev–Trinajstić information content (AvgIpc) is 2.42. The van der Waals surface area contributed by atoms with Gasteiger partial charge in [-0.05, 0) is 43.1 Å². The van der Waals surface area contributed by atoms with Crippen molar-refractivity contribution in [3.63, 3.8) is 0 Å². The third-order valence-electron chi connectivity index (χ3n) is 3.78. The summed E-state index contributed by atoms with van der Waals surface area (Å²) in [7, 11) is 2.26. The Hall–Kier alpha value is -0.0400. The summed E-state index contributed by atoms with van der Waals surface area (Å²) in [4.78, 5) is 2.49. The highest BCUT2D eigenvalue weighted by atomic mass is 15.2. The Morgan fingerprint density at radius 1 is 1.15 bits per heavy atom. The van der Waals surface area contributed by atoms with Crippen LogP contribution in [0.2, 0.25) is 0 Å². The summed E-state index contributed by atoms with van der Waals surface area (Å²) in [5, 5.41) is 0. The van der Waals surface area contributed by atoms with Crippen molar-refractivity contribution < 1.29 is 0 Å². The lowest BCUT2D eigenvalue weighted by Gasteiger charge is -2.19. The Labute approximate surface area is 82.5 Å². The Balaban J connectivity index is 1.71. The Morgan fingerprint density at radius 2 is 1.69 bits per heavy atom. The van der Waals surface area contributed by atoms with Crippen LogP contribution in [0.25, 0.3) is 0 Å². The van der Waals surface area contributed by atoms with Gasteiger partial charge in [-0.2, -0.15) is 0 Å². The predicted octanol–water partition coefficient (Wildman–Crippen LogP) is 2.62. The van der Waals surface area contributed by atoms with Crippen molar-refractivity contribution in [2.24, 2.45) is 23.2 Å². The fourth-order valence-electron chi connectivity index (χ4n) is 2.89. The van der Waals surface area contributed by atoms with Gasteiger partial charge < -0.3 is 4.90 Å². The molecule has 2 rings (SSSR count). The van der Waals surface area contributed by atoms with E-state index in [1.165, 1.54) is 25.9 Å². The number of piperidine rings is 1. The minimum atomic E-state index is 0.544. The molecule has 2 fully saturated rings. The normalized spacial score (nSPS) is 39.2. The molecule has 1 saturated carbocycles. The largest absolute Gasteiger partial charge is 0.306 e. The molecule has 1 aliphatic heterocycles. The zero-order chi connectivity index (χ0) is 9.64. The summed E-state index contributed by atoms with van der Waals surface area (Å²) in [6.45, 7) is 9.82. The van der Waals surface area contributed by atoms with Crippen molar-refractivity contribution in [3.8, 4) is 0 Å². The van der Waals surface area contributed by atoms with E-state index in [0.717, 1.165) is 17.8 Å². The van der Waals surface area contributed by atoms with Crippen LogP contribution in [0.1, 0.15) is 33.6 Å². The Bertz CT molecular complexity index is 180. The number of hydrogen-bond donors (Lipinski definition) is 0. The molecular weight excluding hydrogens is 158 g/mol. The summed E-state index contributed by atoms with van der Waals surface area (Å²) in [5.74, 6) is 3.25. The van der Waals surface area contributed by atoms with E-state index in [9.17, 15) is 0 Å². The first-order chi connectivity index (χ1) is 5.97. The van der Waals surface area contributed by atoms with Gasteiger partial charge in [0.1, 0.15) is 0 Å². The van der Waals surface area contributed by atoms with Gasteiger partial charge in [0.05, 0.1) is 0 Å². The molecule has 1 saturated heterocycles. The van der Waals surface area contributed by atoms with Crippen LogP contribution in [-0.2, 0) is 0 Å². The molecule has 0 spiro atoms. The first kappa shape index (κ1) is 9.51. The highest BCUT2D eigenvalue weighted by molar-refractivity contribution is 5.04. The molecule has 1 aliphatic carbocycles. The van der Waals surface area contributed by atoms with Crippen molar-refractivity contribution in [3.05, 3.63) is 0 Å². The van der Waals surface area contributed by atoms with Crippen molar-refractivity contribution >= 4 is 0 Å². The van der Waals surface area contributed by atoms with E-state index < -0.39 is 0 Å². The van der Waals surface area contributed by atoms with Gasteiger partial charge in [-0.25, -0.2) is 0 Å². The van der Waals surface area contributed by atoms with Gasteiger partial charge in [0.25, 0.3) is 0 Å². The lowest BCUT2D eigenvalue weighted by Crippen LogP contribution is -2.19. The summed E-state index contributed by atoms with van der Waals surface area (Å²) in [6.07, 6.45) is 2.89. The SMILES string of the molecule is CN1CC2C(CCC(C)(C)C)C2C1. The van der Waals surface area contributed by atoms with Gasteiger partial charge in [-0.15, -0.1) is 0 Å². The fraction of sp³-hybridized carbons (Fsp3) is 1.00. The molecule has 13 heavy (non-hydrogen) atoms. The van der Waals surface area contributed by atoms with Crippen molar-refractivity contribution in [1.82, 2.24) is 4.90 Å². The molecule has 2 aliphatic rings. The number of rotatable bonds is 2. The Morgan fingerprint density at radius 3 is 2.15 bits per heavy atom. The van der Waals surface area contributed by atoms with E-state index in [0.29, 0.717) is 5.41 Å². The van der Waals surface area contributed by atoms with Crippen LogP contribution in [0.3, 0.4) is 0 Å². The van der Waals surface area contributed by atoms with Crippen LogP contribution in [0, 0.1) is 23.2 Å². The highest BCUT2D eigenvalue weighted by Crippen LogP contribution is 2.54. The zero-order valence-electron chi connectivity index (χ0n) is 9.51. The molecule has 0 N–H and O–H groups in total. The fourth-order valence-corrected chi connectivity index (χ4v) is 2.89. The minimum Gasteiger partial charge on any atom is -0.306 e. The molecule has 0 bridgehead atoms. The average molecular weight is 181 g/mol. The summed E-state index contributed by atoms with van der Waals surface area (Å²) < 4.78 is 0. The minimum absolute atomic E-state index is 0.544. The molecule has 1 heterocycles. The van der Waals surface area contributed by atoms with E-state index in [-0.39, 0.29) is 0 Å². The second-order valence-electron chi connectivity index (χ2n) is 6.31. The van der Waals surface area contributed by atoms with Gasteiger partial charge >= 0.3 is 0 Å². The molecule has 0 radical (unpaired) electrons. The monoisotopic (exact) mass is 181 g/mol. The first-order valence-corrected chi connectivity index (χ1v) is 5.66. The predicted molar refractivity (Wildman–Crippen MR) is 56.7 cm³/mol. The third-order valence-corrected chi connectivity index (χ3v) is 3.78. The van der Waals surface area contributed by atoms with Crippen LogP contribution in [-0.4, -0.2) is 25.0 Å². The van der Waals surface area contributed by atoms with Gasteiger partial charge in [0, 0.05) is 13.1 Å². The topological polar surface area (TPSA) is 3.24 Å². The number of hydrogen-bond acceptors (Lipinski definition) is 1. The second kappa shape index (κ2) is 2.98. The molecule has 1 heteroatoms. The van der Waals surface area contributed by atoms with Gasteiger partial charge in [-0.3, -0.25) is 0 Å². The van der Waals surface area contributed by atoms with Gasteiger partial charge in [0.2, 0.25) is 0 Å². The van der Waals surface area contributed by atoms with Crippen LogP contribution < -0.4 is 0 Å². The standard InChI is InChI=1S/C12H23N/c1-12(2,3)6-5-9-10-7-13(4)8-11(9)10/h9-11H,5-8H2,1-4H3. The molecule has 0 aromatic carbocycles. The maximum Gasteiger partial charge on any atom is 0.00127 e. The van der Waals surface area contributed by atoms with Crippen LogP contribution >= 0.6 is 0 Å². The number of fused-ring (bicyclic) bond motifs is 1. The number of likely N-dealkylation sites (tertiary alicyclic amines) is 1. The zero-order valence-corrected chi connectivity index (χ0v) is 9.51. The smallest absolute Gasteiger partial charge is 0.00127 e. The first-order valence-electron chi connectivity index (χ1n) is 5.66.